The number of carbonyl (C=O) groups is 2. The molecule has 9 heteroatoms. The van der Waals surface area contributed by atoms with E-state index in [4.69, 9.17) is 14.2 Å². The number of rotatable bonds is 11. The van der Waals surface area contributed by atoms with Crippen molar-refractivity contribution in [2.24, 2.45) is 5.92 Å². The van der Waals surface area contributed by atoms with E-state index in [1.165, 1.54) is 0 Å². The van der Waals surface area contributed by atoms with Crippen LogP contribution < -0.4 is 24.4 Å². The molecule has 2 atom stereocenters. The molecule has 0 bridgehead atoms. The molecule has 0 radical (unpaired) electrons. The normalized spacial score (nSPS) is 20.5. The molecule has 0 spiro atoms. The molecular formula is C30H42N4O5. The number of amides is 2. The number of ether oxygens (including phenoxy) is 3. The van der Waals surface area contributed by atoms with Gasteiger partial charge in [0.15, 0.2) is 11.5 Å². The van der Waals surface area contributed by atoms with Gasteiger partial charge in [-0.15, -0.1) is 0 Å². The van der Waals surface area contributed by atoms with Gasteiger partial charge in [-0.25, -0.2) is 0 Å². The highest BCUT2D eigenvalue weighted by atomic mass is 16.5. The molecule has 0 aromatic heterocycles. The van der Waals surface area contributed by atoms with Crippen LogP contribution in [-0.2, 0) is 9.59 Å². The zero-order valence-corrected chi connectivity index (χ0v) is 23.7. The first-order valence-corrected chi connectivity index (χ1v) is 13.9. The van der Waals surface area contributed by atoms with Gasteiger partial charge in [-0.3, -0.25) is 9.59 Å². The number of nitrogens with zero attached hydrogens (tertiary/aromatic N) is 3. The van der Waals surface area contributed by atoms with E-state index >= 15 is 0 Å². The van der Waals surface area contributed by atoms with E-state index in [1.54, 1.807) is 26.2 Å². The third-order valence-corrected chi connectivity index (χ3v) is 7.90. The van der Waals surface area contributed by atoms with Gasteiger partial charge in [0.05, 0.1) is 33.3 Å². The molecule has 2 aromatic carbocycles. The largest absolute Gasteiger partial charge is 0.497 e. The maximum absolute atomic E-state index is 13.6. The number of piperazine rings is 1. The number of hydrogen-bond acceptors (Lipinski definition) is 7. The number of benzene rings is 2. The van der Waals surface area contributed by atoms with Crippen molar-refractivity contribution in [1.29, 1.82) is 0 Å². The van der Waals surface area contributed by atoms with Crippen LogP contribution in [0, 0.1) is 5.92 Å². The second-order valence-corrected chi connectivity index (χ2v) is 10.1. The molecule has 2 saturated heterocycles. The Labute approximate surface area is 232 Å². The van der Waals surface area contributed by atoms with Gasteiger partial charge in [0.2, 0.25) is 11.8 Å². The molecule has 2 aliphatic heterocycles. The zero-order chi connectivity index (χ0) is 27.8. The molecule has 0 unspecified atom stereocenters. The highest BCUT2D eigenvalue weighted by Gasteiger charge is 2.41. The summed E-state index contributed by atoms with van der Waals surface area (Å²) < 4.78 is 16.3. The first kappa shape index (κ1) is 28.7. The molecule has 9 nitrogen and oxygen atoms in total. The molecule has 4 rings (SSSR count). The summed E-state index contributed by atoms with van der Waals surface area (Å²) in [6, 6.07) is 12.5. The lowest BCUT2D eigenvalue weighted by Gasteiger charge is -2.41. The fourth-order valence-corrected chi connectivity index (χ4v) is 5.61. The maximum atomic E-state index is 13.6. The topological polar surface area (TPSA) is 83.6 Å². The van der Waals surface area contributed by atoms with Crippen LogP contribution in [0.4, 0.5) is 5.69 Å². The van der Waals surface area contributed by atoms with Crippen molar-refractivity contribution < 1.29 is 23.8 Å². The Hall–Kier alpha value is -3.30. The summed E-state index contributed by atoms with van der Waals surface area (Å²) in [5.41, 5.74) is 1.55. The maximum Gasteiger partial charge on any atom is 0.227 e. The van der Waals surface area contributed by atoms with Gasteiger partial charge in [-0.2, -0.15) is 0 Å². The number of methoxy groups -OCH3 is 3. The van der Waals surface area contributed by atoms with Crippen molar-refractivity contribution in [3.8, 4) is 17.2 Å². The molecule has 0 saturated carbocycles. The Kier molecular flexibility index (Phi) is 10.1. The summed E-state index contributed by atoms with van der Waals surface area (Å²) in [5.74, 6) is 1.41. The molecule has 39 heavy (non-hydrogen) atoms. The highest BCUT2D eigenvalue weighted by molar-refractivity contribution is 5.97. The Bertz CT molecular complexity index is 1100. The quantitative estimate of drug-likeness (QED) is 0.440. The van der Waals surface area contributed by atoms with E-state index in [1.807, 2.05) is 42.5 Å². The highest BCUT2D eigenvalue weighted by Crippen LogP contribution is 2.42. The number of piperidine rings is 1. The minimum Gasteiger partial charge on any atom is -0.497 e. The van der Waals surface area contributed by atoms with E-state index in [2.05, 4.69) is 22.0 Å². The van der Waals surface area contributed by atoms with Crippen LogP contribution in [0.25, 0.3) is 0 Å². The summed E-state index contributed by atoms with van der Waals surface area (Å²) >= 11 is 0. The van der Waals surface area contributed by atoms with Crippen molar-refractivity contribution in [2.75, 3.05) is 72.0 Å². The predicted molar refractivity (Wildman–Crippen MR) is 152 cm³/mol. The molecule has 2 aromatic rings. The fourth-order valence-electron chi connectivity index (χ4n) is 5.61. The summed E-state index contributed by atoms with van der Waals surface area (Å²) in [6.07, 6.45) is 1.68. The van der Waals surface area contributed by atoms with Gasteiger partial charge in [-0.05, 0) is 67.9 Å². The van der Waals surface area contributed by atoms with E-state index in [0.717, 1.165) is 56.9 Å². The lowest BCUT2D eigenvalue weighted by molar-refractivity contribution is -0.129. The second kappa shape index (κ2) is 13.7. The molecule has 2 aliphatic rings. The number of likely N-dealkylation sites (N-methyl/N-ethyl adjacent to an activating group) is 1. The van der Waals surface area contributed by atoms with Crippen molar-refractivity contribution in [1.82, 2.24) is 15.1 Å². The first-order chi connectivity index (χ1) is 19.0. The summed E-state index contributed by atoms with van der Waals surface area (Å²) in [4.78, 5) is 33.7. The molecule has 212 valence electrons. The van der Waals surface area contributed by atoms with Crippen molar-refractivity contribution in [3.63, 3.8) is 0 Å². The lowest BCUT2D eigenvalue weighted by atomic mass is 9.83. The predicted octanol–water partition coefficient (Wildman–Crippen LogP) is 3.34. The van der Waals surface area contributed by atoms with E-state index in [9.17, 15) is 9.59 Å². The Balaban J connectivity index is 1.52. The average Bonchev–Trinajstić information content (AvgIpc) is 2.99. The summed E-state index contributed by atoms with van der Waals surface area (Å²) in [6.45, 7) is 9.24. The standard InChI is InChI=1S/C30H42N4O5/c1-5-32-17-19-33(20-18-32)16-6-15-31-30(36)25-12-14-28(35)34(23-8-10-24(37-2)11-9-23)29(25)22-7-13-26(38-3)27(21-22)39-4/h7-11,13,21,25,29H,5-6,12,14-20H2,1-4H3,(H,31,36)/t25-,29-/m1/s1. The lowest BCUT2D eigenvalue weighted by Crippen LogP contribution is -2.49. The summed E-state index contributed by atoms with van der Waals surface area (Å²) in [7, 11) is 4.78. The van der Waals surface area contributed by atoms with Crippen molar-refractivity contribution >= 4 is 17.5 Å². The van der Waals surface area contributed by atoms with E-state index in [-0.39, 0.29) is 11.8 Å². The molecule has 2 heterocycles. The van der Waals surface area contributed by atoms with Gasteiger partial charge >= 0.3 is 0 Å². The molecule has 1 N–H and O–H groups in total. The van der Waals surface area contributed by atoms with Gasteiger partial charge in [0, 0.05) is 44.8 Å². The smallest absolute Gasteiger partial charge is 0.227 e. The third-order valence-electron chi connectivity index (χ3n) is 7.90. The Morgan fingerprint density at radius 3 is 2.26 bits per heavy atom. The van der Waals surface area contributed by atoms with Gasteiger partial charge < -0.3 is 34.2 Å². The van der Waals surface area contributed by atoms with Gasteiger partial charge in [0.1, 0.15) is 5.75 Å². The minimum atomic E-state index is -0.485. The molecular weight excluding hydrogens is 496 g/mol. The second-order valence-electron chi connectivity index (χ2n) is 10.1. The molecule has 2 fully saturated rings. The average molecular weight is 539 g/mol. The number of hydrogen-bond donors (Lipinski definition) is 1. The number of nitrogens with one attached hydrogen (secondary N) is 1. The number of carbonyl (C=O) groups excluding carboxylic acids is 2. The van der Waals surface area contributed by atoms with Crippen LogP contribution in [0.3, 0.4) is 0 Å². The monoisotopic (exact) mass is 538 g/mol. The third kappa shape index (κ3) is 6.83. The van der Waals surface area contributed by atoms with Crippen molar-refractivity contribution in [3.05, 3.63) is 48.0 Å². The van der Waals surface area contributed by atoms with Gasteiger partial charge in [0.25, 0.3) is 0 Å². The van der Waals surface area contributed by atoms with Crippen LogP contribution >= 0.6 is 0 Å². The van der Waals surface area contributed by atoms with Crippen molar-refractivity contribution in [2.45, 2.75) is 32.2 Å². The fraction of sp³-hybridized carbons (Fsp3) is 0.533. The van der Waals surface area contributed by atoms with Crippen LogP contribution in [0.5, 0.6) is 17.2 Å². The zero-order valence-electron chi connectivity index (χ0n) is 23.7. The van der Waals surface area contributed by atoms with E-state index in [0.29, 0.717) is 36.6 Å². The van der Waals surface area contributed by atoms with Gasteiger partial charge in [-0.1, -0.05) is 13.0 Å². The molecule has 2 amide bonds. The Morgan fingerprint density at radius 2 is 1.62 bits per heavy atom. The van der Waals surface area contributed by atoms with Crippen LogP contribution in [0.15, 0.2) is 42.5 Å². The van der Waals surface area contributed by atoms with Crippen LogP contribution in [0.2, 0.25) is 0 Å². The van der Waals surface area contributed by atoms with E-state index < -0.39 is 12.0 Å². The molecule has 0 aliphatic carbocycles. The van der Waals surface area contributed by atoms with Crippen LogP contribution in [0.1, 0.15) is 37.8 Å². The number of anilines is 1. The summed E-state index contributed by atoms with van der Waals surface area (Å²) in [5, 5.41) is 3.18. The minimum absolute atomic E-state index is 0.0183. The van der Waals surface area contributed by atoms with Crippen LogP contribution in [-0.4, -0.2) is 88.8 Å². The Morgan fingerprint density at radius 1 is 0.923 bits per heavy atom. The first-order valence-electron chi connectivity index (χ1n) is 13.9. The SMILES string of the molecule is CCN1CCN(CCCNC(=O)[C@@H]2CCC(=O)N(c3ccc(OC)cc3)[C@@H]2c2ccc(OC)c(OC)c2)CC1.